The van der Waals surface area contributed by atoms with E-state index in [0.717, 1.165) is 23.0 Å². The Kier molecular flexibility index (Phi) is 4.97. The topological polar surface area (TPSA) is 12.9 Å². The highest BCUT2D eigenvalue weighted by atomic mass is 14.7. The molecule has 0 spiro atoms. The Morgan fingerprint density at radius 3 is 2.63 bits per heavy atom. The van der Waals surface area contributed by atoms with Crippen molar-refractivity contribution >= 4 is 10.9 Å². The van der Waals surface area contributed by atoms with Crippen molar-refractivity contribution in [1.82, 2.24) is 4.98 Å². The zero-order chi connectivity index (χ0) is 19.0. The third kappa shape index (κ3) is 3.74. The lowest BCUT2D eigenvalue weighted by Gasteiger charge is -2.27. The zero-order valence-corrected chi connectivity index (χ0v) is 17.4. The molecule has 27 heavy (non-hydrogen) atoms. The number of aryl methyl sites for hydroxylation is 1. The van der Waals surface area contributed by atoms with E-state index in [-0.39, 0.29) is 5.41 Å². The fourth-order valence-electron chi connectivity index (χ4n) is 5.06. The van der Waals surface area contributed by atoms with Gasteiger partial charge in [0.05, 0.1) is 5.52 Å². The molecule has 0 aliphatic heterocycles. The molecule has 2 unspecified atom stereocenters. The van der Waals surface area contributed by atoms with Crippen LogP contribution in [0.25, 0.3) is 10.9 Å². The summed E-state index contributed by atoms with van der Waals surface area (Å²) in [7, 11) is 0. The van der Waals surface area contributed by atoms with E-state index in [9.17, 15) is 0 Å². The molecule has 0 bridgehead atoms. The predicted molar refractivity (Wildman–Crippen MR) is 116 cm³/mol. The summed E-state index contributed by atoms with van der Waals surface area (Å²) in [4.78, 5) is 4.75. The summed E-state index contributed by atoms with van der Waals surface area (Å²) in [6.45, 7) is 8.69. The maximum atomic E-state index is 4.75. The van der Waals surface area contributed by atoms with Gasteiger partial charge < -0.3 is 0 Å². The van der Waals surface area contributed by atoms with E-state index in [2.05, 4.69) is 70.2 Å². The van der Waals surface area contributed by atoms with Gasteiger partial charge in [-0.1, -0.05) is 75.6 Å². The Morgan fingerprint density at radius 2 is 1.81 bits per heavy atom. The molecule has 3 aliphatic carbocycles. The first kappa shape index (κ1) is 18.5. The van der Waals surface area contributed by atoms with Crippen LogP contribution in [-0.4, -0.2) is 4.98 Å². The Balaban J connectivity index is 0.000000136. The van der Waals surface area contributed by atoms with E-state index >= 15 is 0 Å². The van der Waals surface area contributed by atoms with Crippen molar-refractivity contribution in [3.63, 3.8) is 0 Å². The first-order valence-electron chi connectivity index (χ1n) is 10.7. The number of aromatic nitrogens is 1. The quantitative estimate of drug-likeness (QED) is 0.481. The minimum Gasteiger partial charge on any atom is -0.252 e. The summed E-state index contributed by atoms with van der Waals surface area (Å²) >= 11 is 0. The molecule has 0 amide bonds. The van der Waals surface area contributed by atoms with Gasteiger partial charge in [0.1, 0.15) is 0 Å². The van der Waals surface area contributed by atoms with Crippen LogP contribution in [0.3, 0.4) is 0 Å². The molecular formula is C26H33N. The predicted octanol–water partition coefficient (Wildman–Crippen LogP) is 7.29. The SMILES string of the molecule is C1=CC2=C(C1)C1CCCCC1C2.Cc1cccc2ccc(C(C)(C)C)nc12. The Labute approximate surface area is 164 Å². The molecule has 1 aromatic carbocycles. The molecule has 1 saturated carbocycles. The van der Waals surface area contributed by atoms with E-state index in [0.29, 0.717) is 0 Å². The van der Waals surface area contributed by atoms with Gasteiger partial charge in [0.2, 0.25) is 0 Å². The standard InChI is InChI=1S/C14H17N.C12H16/c1-10-6-5-7-11-8-9-12(14(2,3)4)15-13(10)11;1-2-6-11-9(4-1)8-10-5-3-7-12(10)11/h5-9H,1-4H3;3,5,9,11H,1-2,4,6-8H2. The zero-order valence-electron chi connectivity index (χ0n) is 17.4. The van der Waals surface area contributed by atoms with Gasteiger partial charge >= 0.3 is 0 Å². The van der Waals surface area contributed by atoms with E-state index in [1.54, 1.807) is 5.57 Å². The molecule has 2 aromatic rings. The van der Waals surface area contributed by atoms with Crippen molar-refractivity contribution < 1.29 is 0 Å². The van der Waals surface area contributed by atoms with Crippen molar-refractivity contribution in [3.05, 3.63) is 64.9 Å². The highest BCUT2D eigenvalue weighted by Crippen LogP contribution is 2.49. The normalized spacial score (nSPS) is 23.9. The van der Waals surface area contributed by atoms with Gasteiger partial charge in [0, 0.05) is 16.5 Å². The van der Waals surface area contributed by atoms with Gasteiger partial charge in [-0.25, -0.2) is 0 Å². The Bertz CT molecular complexity index is 894. The second kappa shape index (κ2) is 7.26. The molecule has 0 saturated heterocycles. The smallest absolute Gasteiger partial charge is 0.0734 e. The summed E-state index contributed by atoms with van der Waals surface area (Å²) < 4.78 is 0. The van der Waals surface area contributed by atoms with Gasteiger partial charge in [-0.2, -0.15) is 0 Å². The maximum absolute atomic E-state index is 4.75. The van der Waals surface area contributed by atoms with Gasteiger partial charge in [0.25, 0.3) is 0 Å². The Morgan fingerprint density at radius 1 is 1.00 bits per heavy atom. The van der Waals surface area contributed by atoms with Crippen molar-refractivity contribution in [3.8, 4) is 0 Å². The van der Waals surface area contributed by atoms with Crippen LogP contribution in [-0.2, 0) is 5.41 Å². The van der Waals surface area contributed by atoms with Crippen LogP contribution in [0.15, 0.2) is 53.6 Å². The summed E-state index contributed by atoms with van der Waals surface area (Å²) in [5.74, 6) is 2.05. The molecule has 5 rings (SSSR count). The lowest BCUT2D eigenvalue weighted by atomic mass is 9.78. The number of nitrogens with zero attached hydrogens (tertiary/aromatic N) is 1. The molecule has 2 atom stereocenters. The molecule has 1 aromatic heterocycles. The van der Waals surface area contributed by atoms with E-state index in [1.807, 2.05) is 5.57 Å². The number of allylic oxidation sites excluding steroid dienone is 4. The van der Waals surface area contributed by atoms with Crippen LogP contribution in [0.4, 0.5) is 0 Å². The second-order valence-corrected chi connectivity index (χ2v) is 9.61. The van der Waals surface area contributed by atoms with Crippen molar-refractivity contribution in [2.24, 2.45) is 11.8 Å². The van der Waals surface area contributed by atoms with Gasteiger partial charge in [0.15, 0.2) is 0 Å². The number of hydrogen-bond acceptors (Lipinski definition) is 1. The fraction of sp³-hybridized carbons (Fsp3) is 0.500. The van der Waals surface area contributed by atoms with Crippen molar-refractivity contribution in [2.45, 2.75) is 71.6 Å². The maximum Gasteiger partial charge on any atom is 0.0734 e. The summed E-state index contributed by atoms with van der Waals surface area (Å²) in [5, 5.41) is 1.23. The summed E-state index contributed by atoms with van der Waals surface area (Å²) in [5.41, 5.74) is 7.19. The molecule has 1 fully saturated rings. The van der Waals surface area contributed by atoms with E-state index < -0.39 is 0 Å². The average Bonchev–Trinajstić information content (AvgIpc) is 3.23. The average molecular weight is 360 g/mol. The summed E-state index contributed by atoms with van der Waals surface area (Å²) in [6.07, 6.45) is 13.4. The van der Waals surface area contributed by atoms with Crippen LogP contribution < -0.4 is 0 Å². The number of para-hydroxylation sites is 1. The molecule has 1 nitrogen and oxygen atoms in total. The molecule has 1 heterocycles. The third-order valence-electron chi connectivity index (χ3n) is 6.60. The monoisotopic (exact) mass is 359 g/mol. The Hall–Kier alpha value is -1.89. The second-order valence-electron chi connectivity index (χ2n) is 9.61. The van der Waals surface area contributed by atoms with E-state index in [4.69, 9.17) is 4.98 Å². The minimum absolute atomic E-state index is 0.121. The number of pyridine rings is 1. The van der Waals surface area contributed by atoms with Crippen molar-refractivity contribution in [2.75, 3.05) is 0 Å². The lowest BCUT2D eigenvalue weighted by molar-refractivity contribution is 0.291. The lowest BCUT2D eigenvalue weighted by Crippen LogP contribution is -2.16. The molecule has 1 heteroatoms. The molecule has 142 valence electrons. The highest BCUT2D eigenvalue weighted by Gasteiger charge is 2.35. The fourth-order valence-corrected chi connectivity index (χ4v) is 5.06. The summed E-state index contributed by atoms with van der Waals surface area (Å²) in [6, 6.07) is 10.6. The van der Waals surface area contributed by atoms with E-state index in [1.165, 1.54) is 49.5 Å². The van der Waals surface area contributed by atoms with Crippen LogP contribution in [0.1, 0.15) is 70.6 Å². The van der Waals surface area contributed by atoms with Crippen molar-refractivity contribution in [1.29, 1.82) is 0 Å². The van der Waals surface area contributed by atoms with Gasteiger partial charge in [-0.15, -0.1) is 0 Å². The molecule has 0 radical (unpaired) electrons. The number of rotatable bonds is 0. The molecular weight excluding hydrogens is 326 g/mol. The van der Waals surface area contributed by atoms with Crippen LogP contribution in [0, 0.1) is 18.8 Å². The van der Waals surface area contributed by atoms with Crippen LogP contribution in [0.5, 0.6) is 0 Å². The number of benzene rings is 1. The number of hydrogen-bond donors (Lipinski definition) is 0. The van der Waals surface area contributed by atoms with Crippen LogP contribution >= 0.6 is 0 Å². The van der Waals surface area contributed by atoms with Gasteiger partial charge in [-0.3, -0.25) is 4.98 Å². The van der Waals surface area contributed by atoms with Crippen LogP contribution in [0.2, 0.25) is 0 Å². The first-order valence-corrected chi connectivity index (χ1v) is 10.7. The third-order valence-corrected chi connectivity index (χ3v) is 6.60. The van der Waals surface area contributed by atoms with Gasteiger partial charge in [-0.05, 0) is 61.6 Å². The largest absolute Gasteiger partial charge is 0.252 e. The number of fused-ring (bicyclic) bond motifs is 3. The first-order chi connectivity index (χ1) is 12.9. The highest BCUT2D eigenvalue weighted by molar-refractivity contribution is 5.81. The molecule has 0 N–H and O–H groups in total. The molecule has 3 aliphatic rings. The minimum atomic E-state index is 0.121.